The summed E-state index contributed by atoms with van der Waals surface area (Å²) in [6.45, 7) is 6.47. The summed E-state index contributed by atoms with van der Waals surface area (Å²) in [6.07, 6.45) is 6.88. The highest BCUT2D eigenvalue weighted by molar-refractivity contribution is 7.12. The molecule has 2 heterocycles. The van der Waals surface area contributed by atoms with Crippen molar-refractivity contribution in [2.75, 3.05) is 13.1 Å². The molecule has 1 saturated carbocycles. The lowest BCUT2D eigenvalue weighted by molar-refractivity contribution is -0.125. The Labute approximate surface area is 188 Å². The second-order valence-corrected chi connectivity index (χ2v) is 10.6. The van der Waals surface area contributed by atoms with E-state index >= 15 is 0 Å². The van der Waals surface area contributed by atoms with Crippen LogP contribution in [-0.4, -0.2) is 53.1 Å². The van der Waals surface area contributed by atoms with E-state index in [1.807, 2.05) is 32.2 Å². The van der Waals surface area contributed by atoms with Gasteiger partial charge in [0.15, 0.2) is 0 Å². The average Bonchev–Trinajstić information content (AvgIpc) is 3.34. The van der Waals surface area contributed by atoms with Gasteiger partial charge in [0.2, 0.25) is 5.91 Å². The second kappa shape index (κ2) is 10.0. The summed E-state index contributed by atoms with van der Waals surface area (Å²) in [5.41, 5.74) is -1.10. The number of rotatable bonds is 5. The van der Waals surface area contributed by atoms with Crippen LogP contribution in [0.3, 0.4) is 0 Å². The summed E-state index contributed by atoms with van der Waals surface area (Å²) in [7, 11) is 0. The van der Waals surface area contributed by atoms with Gasteiger partial charge in [0, 0.05) is 13.1 Å². The monoisotopic (exact) mass is 449 g/mol. The maximum atomic E-state index is 13.1. The van der Waals surface area contributed by atoms with Gasteiger partial charge in [0.25, 0.3) is 5.91 Å². The topological polar surface area (TPSA) is 87.7 Å². The number of hydrogen-bond donors (Lipinski definition) is 2. The molecule has 1 aromatic rings. The fourth-order valence-electron chi connectivity index (χ4n) is 4.47. The molecule has 172 valence electrons. The lowest BCUT2D eigenvalue weighted by Crippen LogP contribution is -2.58. The molecule has 7 nitrogen and oxygen atoms in total. The summed E-state index contributed by atoms with van der Waals surface area (Å²) < 4.78 is 5.49. The van der Waals surface area contributed by atoms with Crippen molar-refractivity contribution in [1.29, 1.82) is 0 Å². The zero-order chi connectivity index (χ0) is 22.5. The van der Waals surface area contributed by atoms with Crippen molar-refractivity contribution in [3.63, 3.8) is 0 Å². The minimum absolute atomic E-state index is 0.0799. The Morgan fingerprint density at radius 1 is 1.16 bits per heavy atom. The first-order valence-electron chi connectivity index (χ1n) is 11.3. The highest BCUT2D eigenvalue weighted by atomic mass is 32.1. The Kier molecular flexibility index (Phi) is 7.62. The molecule has 0 radical (unpaired) electrons. The third-order valence-electron chi connectivity index (χ3n) is 5.98. The van der Waals surface area contributed by atoms with Gasteiger partial charge in [-0.15, -0.1) is 11.3 Å². The van der Waals surface area contributed by atoms with Crippen LogP contribution >= 0.6 is 11.3 Å². The highest BCUT2D eigenvalue weighted by Crippen LogP contribution is 2.28. The molecule has 3 rings (SSSR count). The number of nitrogens with one attached hydrogen (secondary N) is 2. The van der Waals surface area contributed by atoms with E-state index < -0.39 is 23.3 Å². The van der Waals surface area contributed by atoms with Gasteiger partial charge in [-0.3, -0.25) is 9.59 Å². The minimum atomic E-state index is -0.578. The molecule has 1 atom stereocenters. The fraction of sp³-hybridized carbons (Fsp3) is 0.696. The smallest absolute Gasteiger partial charge is 0.408 e. The van der Waals surface area contributed by atoms with Gasteiger partial charge in [-0.1, -0.05) is 31.7 Å². The number of nitrogens with zero attached hydrogens (tertiary/aromatic N) is 1. The SMILES string of the molecule is CC(C)(C)OC(=O)NC1(CNC(=O)[C@@H]2CCCN2C(=O)c2cccs2)CCCCCC1. The predicted molar refractivity (Wildman–Crippen MR) is 121 cm³/mol. The third kappa shape index (κ3) is 6.45. The van der Waals surface area contributed by atoms with Crippen molar-refractivity contribution in [2.45, 2.75) is 89.3 Å². The molecule has 2 N–H and O–H groups in total. The Bertz CT molecular complexity index is 764. The van der Waals surface area contributed by atoms with Crippen LogP contribution in [0.4, 0.5) is 4.79 Å². The zero-order valence-corrected chi connectivity index (χ0v) is 19.7. The molecule has 2 fully saturated rings. The summed E-state index contributed by atoms with van der Waals surface area (Å²) >= 11 is 1.40. The Morgan fingerprint density at radius 2 is 1.87 bits per heavy atom. The number of alkyl carbamates (subject to hydrolysis) is 1. The molecule has 0 aromatic carbocycles. The fourth-order valence-corrected chi connectivity index (χ4v) is 5.15. The van der Waals surface area contributed by atoms with Crippen LogP contribution in [0.5, 0.6) is 0 Å². The Balaban J connectivity index is 1.65. The first-order valence-corrected chi connectivity index (χ1v) is 12.2. The van der Waals surface area contributed by atoms with Gasteiger partial charge in [0.1, 0.15) is 11.6 Å². The van der Waals surface area contributed by atoms with Gasteiger partial charge in [-0.2, -0.15) is 0 Å². The molecule has 1 aliphatic heterocycles. The third-order valence-corrected chi connectivity index (χ3v) is 6.83. The second-order valence-electron chi connectivity index (χ2n) is 9.67. The van der Waals surface area contributed by atoms with Crippen molar-refractivity contribution < 1.29 is 19.1 Å². The maximum Gasteiger partial charge on any atom is 0.408 e. The van der Waals surface area contributed by atoms with E-state index in [2.05, 4.69) is 10.6 Å². The van der Waals surface area contributed by atoms with Crippen LogP contribution in [-0.2, 0) is 9.53 Å². The van der Waals surface area contributed by atoms with E-state index in [-0.39, 0.29) is 11.8 Å². The molecule has 3 amide bonds. The number of hydrogen-bond acceptors (Lipinski definition) is 5. The first-order chi connectivity index (χ1) is 14.7. The largest absolute Gasteiger partial charge is 0.444 e. The molecule has 8 heteroatoms. The number of ether oxygens (including phenoxy) is 1. The van der Waals surface area contributed by atoms with Gasteiger partial charge in [0.05, 0.1) is 10.4 Å². The normalized spacial score (nSPS) is 21.3. The number of carbonyl (C=O) groups is 3. The van der Waals surface area contributed by atoms with Crippen LogP contribution in [0.15, 0.2) is 17.5 Å². The summed E-state index contributed by atoms with van der Waals surface area (Å²) in [4.78, 5) is 40.7. The van der Waals surface area contributed by atoms with Gasteiger partial charge >= 0.3 is 6.09 Å². The van der Waals surface area contributed by atoms with Gasteiger partial charge in [-0.05, 0) is 57.9 Å². The van der Waals surface area contributed by atoms with Crippen LogP contribution in [0.25, 0.3) is 0 Å². The van der Waals surface area contributed by atoms with Crippen LogP contribution in [0.2, 0.25) is 0 Å². The lowest BCUT2D eigenvalue weighted by Gasteiger charge is -2.35. The molecule has 31 heavy (non-hydrogen) atoms. The highest BCUT2D eigenvalue weighted by Gasteiger charge is 2.38. The quantitative estimate of drug-likeness (QED) is 0.663. The minimum Gasteiger partial charge on any atom is -0.444 e. The van der Waals surface area contributed by atoms with E-state index in [4.69, 9.17) is 4.74 Å². The summed E-state index contributed by atoms with van der Waals surface area (Å²) in [5.74, 6) is -0.222. The first kappa shape index (κ1) is 23.6. The molecular formula is C23H35N3O4S. The molecule has 0 bridgehead atoms. The molecule has 0 spiro atoms. The molecule has 0 unspecified atom stereocenters. The van der Waals surface area contributed by atoms with E-state index in [0.29, 0.717) is 24.4 Å². The van der Waals surface area contributed by atoms with Crippen molar-refractivity contribution in [3.8, 4) is 0 Å². The van der Waals surface area contributed by atoms with Crippen molar-refractivity contribution in [2.24, 2.45) is 0 Å². The zero-order valence-electron chi connectivity index (χ0n) is 18.9. The van der Waals surface area contributed by atoms with E-state index in [9.17, 15) is 14.4 Å². The number of carbonyl (C=O) groups excluding carboxylic acids is 3. The number of likely N-dealkylation sites (tertiary alicyclic amines) is 1. The van der Waals surface area contributed by atoms with Crippen LogP contribution in [0.1, 0.15) is 81.8 Å². The van der Waals surface area contributed by atoms with Crippen molar-refractivity contribution in [3.05, 3.63) is 22.4 Å². The van der Waals surface area contributed by atoms with Gasteiger partial charge in [-0.25, -0.2) is 4.79 Å². The average molecular weight is 450 g/mol. The maximum absolute atomic E-state index is 13.1. The number of amides is 3. The lowest BCUT2D eigenvalue weighted by atomic mass is 9.90. The molecule has 1 saturated heterocycles. The van der Waals surface area contributed by atoms with E-state index in [1.165, 1.54) is 11.3 Å². The van der Waals surface area contributed by atoms with Gasteiger partial charge < -0.3 is 20.3 Å². The van der Waals surface area contributed by atoms with Crippen LogP contribution in [0, 0.1) is 0 Å². The predicted octanol–water partition coefficient (Wildman–Crippen LogP) is 4.09. The van der Waals surface area contributed by atoms with Crippen molar-refractivity contribution >= 4 is 29.2 Å². The van der Waals surface area contributed by atoms with E-state index in [1.54, 1.807) is 11.0 Å². The Morgan fingerprint density at radius 3 is 2.48 bits per heavy atom. The molecule has 1 aromatic heterocycles. The number of thiophene rings is 1. The van der Waals surface area contributed by atoms with Crippen molar-refractivity contribution in [1.82, 2.24) is 15.5 Å². The summed E-state index contributed by atoms with van der Waals surface area (Å²) in [6, 6.07) is 3.19. The standard InChI is InChI=1S/C23H35N3O4S/c1-22(2,3)30-21(29)25-23(12-6-4-5-7-13-23)16-24-19(27)17-10-8-14-26(17)20(28)18-11-9-15-31-18/h9,11,15,17H,4-8,10,12-14,16H2,1-3H3,(H,24,27)(H,25,29)/t17-/m0/s1. The molecular weight excluding hydrogens is 414 g/mol. The molecule has 1 aliphatic carbocycles. The van der Waals surface area contributed by atoms with Crippen LogP contribution < -0.4 is 10.6 Å². The molecule has 2 aliphatic rings. The van der Waals surface area contributed by atoms with E-state index in [0.717, 1.165) is 44.9 Å². The summed E-state index contributed by atoms with van der Waals surface area (Å²) in [5, 5.41) is 8.01. The Hall–Kier alpha value is -2.09.